The number of rotatable bonds is 8. The molecule has 2 amide bonds. The molecule has 5 rings (SSSR count). The van der Waals surface area contributed by atoms with E-state index in [9.17, 15) is 14.4 Å². The van der Waals surface area contributed by atoms with Gasteiger partial charge in [0, 0.05) is 12.0 Å². The Kier molecular flexibility index (Phi) is 5.56. The lowest BCUT2D eigenvalue weighted by Gasteiger charge is -2.41. The zero-order valence-electron chi connectivity index (χ0n) is 18.4. The zero-order valence-corrected chi connectivity index (χ0v) is 18.4. The predicted octanol–water partition coefficient (Wildman–Crippen LogP) is 3.82. The van der Waals surface area contributed by atoms with Crippen molar-refractivity contribution >= 4 is 18.0 Å². The minimum atomic E-state index is -1.02. The summed E-state index contributed by atoms with van der Waals surface area (Å²) in [4.78, 5) is 36.9. The van der Waals surface area contributed by atoms with Crippen LogP contribution in [0.5, 0.6) is 0 Å². The molecule has 7 nitrogen and oxygen atoms in total. The molecule has 1 atom stereocenters. The summed E-state index contributed by atoms with van der Waals surface area (Å²) in [5, 5.41) is 14.9. The van der Waals surface area contributed by atoms with E-state index in [2.05, 4.69) is 34.9 Å². The van der Waals surface area contributed by atoms with Crippen LogP contribution in [0.4, 0.5) is 4.79 Å². The zero-order chi connectivity index (χ0) is 23.0. The Morgan fingerprint density at radius 2 is 1.61 bits per heavy atom. The van der Waals surface area contributed by atoms with Gasteiger partial charge in [0.2, 0.25) is 5.91 Å². The lowest BCUT2D eigenvalue weighted by molar-refractivity contribution is -0.138. The minimum Gasteiger partial charge on any atom is -0.481 e. The van der Waals surface area contributed by atoms with Crippen LogP contribution in [-0.4, -0.2) is 41.3 Å². The standard InChI is InChI=1S/C26H28N2O5/c29-23(30)14-22(16-10-11-16)27-24(31)26(12-5-13-26)28-25(32)33-15-21-19-8-3-1-6-17(19)18-7-2-4-9-20(18)21/h1-4,6-9,16,21-22H,5,10-15H2,(H,27,31)(H,28,32)(H,29,30). The summed E-state index contributed by atoms with van der Waals surface area (Å²) in [6, 6.07) is 15.9. The van der Waals surface area contributed by atoms with Gasteiger partial charge in [0.15, 0.2) is 0 Å². The molecule has 3 aliphatic rings. The van der Waals surface area contributed by atoms with Crippen LogP contribution in [0.3, 0.4) is 0 Å². The first kappa shape index (κ1) is 21.5. The van der Waals surface area contributed by atoms with Crippen LogP contribution in [0.15, 0.2) is 48.5 Å². The fourth-order valence-corrected chi connectivity index (χ4v) is 5.10. The number of benzene rings is 2. The number of carboxylic acids is 1. The van der Waals surface area contributed by atoms with E-state index in [4.69, 9.17) is 9.84 Å². The SMILES string of the molecule is O=C(O)CC(NC(=O)C1(NC(=O)OCC2c3ccccc3-c3ccccc32)CCC1)C1CC1. The summed E-state index contributed by atoms with van der Waals surface area (Å²) in [5.41, 5.74) is 3.55. The average molecular weight is 449 g/mol. The molecule has 0 aromatic heterocycles. The second-order valence-electron chi connectivity index (χ2n) is 9.40. The molecule has 0 spiro atoms. The van der Waals surface area contributed by atoms with Gasteiger partial charge < -0.3 is 20.5 Å². The summed E-state index contributed by atoms with van der Waals surface area (Å²) in [6.45, 7) is 0.182. The minimum absolute atomic E-state index is 0.0517. The third kappa shape index (κ3) is 4.19. The quantitative estimate of drug-likeness (QED) is 0.570. The Balaban J connectivity index is 1.23. The van der Waals surface area contributed by atoms with Crippen molar-refractivity contribution in [3.8, 4) is 11.1 Å². The molecule has 3 N–H and O–H groups in total. The number of carboxylic acid groups (broad SMARTS) is 1. The average Bonchev–Trinajstić information content (AvgIpc) is 3.57. The van der Waals surface area contributed by atoms with Crippen molar-refractivity contribution in [3.05, 3.63) is 59.7 Å². The first-order chi connectivity index (χ1) is 16.0. The van der Waals surface area contributed by atoms with Crippen molar-refractivity contribution in [3.63, 3.8) is 0 Å². The van der Waals surface area contributed by atoms with Crippen LogP contribution >= 0.6 is 0 Å². The molecule has 3 aliphatic carbocycles. The van der Waals surface area contributed by atoms with Gasteiger partial charge >= 0.3 is 12.1 Å². The predicted molar refractivity (Wildman–Crippen MR) is 122 cm³/mol. The number of amides is 2. The molecule has 2 fully saturated rings. The van der Waals surface area contributed by atoms with E-state index in [1.165, 1.54) is 0 Å². The van der Waals surface area contributed by atoms with Crippen LogP contribution in [0.2, 0.25) is 0 Å². The summed E-state index contributed by atoms with van der Waals surface area (Å²) in [5.74, 6) is -1.08. The fraction of sp³-hybridized carbons (Fsp3) is 0.423. The summed E-state index contributed by atoms with van der Waals surface area (Å²) >= 11 is 0. The number of nitrogens with one attached hydrogen (secondary N) is 2. The molecule has 2 aromatic carbocycles. The Bertz CT molecular complexity index is 1040. The second kappa shape index (κ2) is 8.54. The van der Waals surface area contributed by atoms with Crippen LogP contribution in [0.25, 0.3) is 11.1 Å². The molecule has 0 aliphatic heterocycles. The lowest BCUT2D eigenvalue weighted by atomic mass is 9.75. The number of aliphatic carboxylic acids is 1. The summed E-state index contributed by atoms with van der Waals surface area (Å²) in [7, 11) is 0. The van der Waals surface area contributed by atoms with Crippen LogP contribution in [0, 0.1) is 5.92 Å². The number of hydrogen-bond donors (Lipinski definition) is 3. The topological polar surface area (TPSA) is 105 Å². The molecule has 0 saturated heterocycles. The molecule has 1 unspecified atom stereocenters. The number of ether oxygens (including phenoxy) is 1. The smallest absolute Gasteiger partial charge is 0.408 e. The van der Waals surface area contributed by atoms with Crippen LogP contribution in [-0.2, 0) is 14.3 Å². The van der Waals surface area contributed by atoms with Crippen molar-refractivity contribution < 1.29 is 24.2 Å². The second-order valence-corrected chi connectivity index (χ2v) is 9.40. The first-order valence-electron chi connectivity index (χ1n) is 11.6. The van der Waals surface area contributed by atoms with Gasteiger partial charge in [-0.2, -0.15) is 0 Å². The van der Waals surface area contributed by atoms with Crippen molar-refractivity contribution in [2.75, 3.05) is 6.61 Å². The van der Waals surface area contributed by atoms with E-state index >= 15 is 0 Å². The van der Waals surface area contributed by atoms with Gasteiger partial charge in [-0.05, 0) is 60.3 Å². The van der Waals surface area contributed by atoms with Crippen LogP contribution < -0.4 is 10.6 Å². The maximum Gasteiger partial charge on any atom is 0.408 e. The fourth-order valence-electron chi connectivity index (χ4n) is 5.10. The van der Waals surface area contributed by atoms with Gasteiger partial charge in [0.25, 0.3) is 0 Å². The molecule has 7 heteroatoms. The highest BCUT2D eigenvalue weighted by atomic mass is 16.5. The monoisotopic (exact) mass is 448 g/mol. The molecule has 2 saturated carbocycles. The molecule has 33 heavy (non-hydrogen) atoms. The highest BCUT2D eigenvalue weighted by molar-refractivity contribution is 5.91. The third-order valence-corrected chi connectivity index (χ3v) is 7.23. The lowest BCUT2D eigenvalue weighted by Crippen LogP contribution is -2.64. The number of carbonyl (C=O) groups excluding carboxylic acids is 2. The molecular weight excluding hydrogens is 420 g/mol. The van der Waals surface area contributed by atoms with Crippen molar-refractivity contribution in [2.45, 2.75) is 56.0 Å². The summed E-state index contributed by atoms with van der Waals surface area (Å²) in [6.07, 6.45) is 2.99. The van der Waals surface area contributed by atoms with E-state index < -0.39 is 23.6 Å². The molecule has 172 valence electrons. The highest BCUT2D eigenvalue weighted by Gasteiger charge is 2.48. The first-order valence-corrected chi connectivity index (χ1v) is 11.6. The Morgan fingerprint density at radius 1 is 1.00 bits per heavy atom. The van der Waals surface area contributed by atoms with Crippen LogP contribution in [0.1, 0.15) is 55.6 Å². The van der Waals surface area contributed by atoms with Gasteiger partial charge in [-0.25, -0.2) is 4.79 Å². The van der Waals surface area contributed by atoms with Crippen molar-refractivity contribution in [1.82, 2.24) is 10.6 Å². The molecule has 0 bridgehead atoms. The van der Waals surface area contributed by atoms with E-state index in [0.717, 1.165) is 41.5 Å². The molecule has 0 heterocycles. The van der Waals surface area contributed by atoms with Crippen molar-refractivity contribution in [2.24, 2.45) is 5.92 Å². The third-order valence-electron chi connectivity index (χ3n) is 7.23. The molecular formula is C26H28N2O5. The number of hydrogen-bond acceptors (Lipinski definition) is 4. The molecule has 2 aromatic rings. The van der Waals surface area contributed by atoms with Gasteiger partial charge in [-0.1, -0.05) is 48.5 Å². The maximum absolute atomic E-state index is 13.0. The highest BCUT2D eigenvalue weighted by Crippen LogP contribution is 2.44. The van der Waals surface area contributed by atoms with Crippen molar-refractivity contribution in [1.29, 1.82) is 0 Å². The van der Waals surface area contributed by atoms with Gasteiger partial charge in [0.1, 0.15) is 12.1 Å². The summed E-state index contributed by atoms with van der Waals surface area (Å²) < 4.78 is 5.63. The van der Waals surface area contributed by atoms with E-state index in [-0.39, 0.29) is 30.8 Å². The maximum atomic E-state index is 13.0. The number of carbonyl (C=O) groups is 3. The van der Waals surface area contributed by atoms with Gasteiger partial charge in [-0.15, -0.1) is 0 Å². The largest absolute Gasteiger partial charge is 0.481 e. The Hall–Kier alpha value is -3.35. The van der Waals surface area contributed by atoms with E-state index in [0.29, 0.717) is 12.8 Å². The van der Waals surface area contributed by atoms with Gasteiger partial charge in [0.05, 0.1) is 6.42 Å². The molecule has 0 radical (unpaired) electrons. The Morgan fingerprint density at radius 3 is 2.12 bits per heavy atom. The van der Waals surface area contributed by atoms with Gasteiger partial charge in [-0.3, -0.25) is 9.59 Å². The number of fused-ring (bicyclic) bond motifs is 3. The Labute approximate surface area is 192 Å². The van der Waals surface area contributed by atoms with E-state index in [1.54, 1.807) is 0 Å². The normalized spacial score (nSPS) is 18.9. The van der Waals surface area contributed by atoms with E-state index in [1.807, 2.05) is 24.3 Å². The number of alkyl carbamates (subject to hydrolysis) is 1.